The molecule has 0 radical (unpaired) electrons. The fourth-order valence-electron chi connectivity index (χ4n) is 3.02. The Balaban J connectivity index is 1.39. The number of benzene rings is 1. The SMILES string of the molecule is CCOc1ccc(Oc2cc(CNC(=O)CCCCC3CCSS3)ccn2)cc1. The molecular formula is C22H28N2O3S2. The van der Waals surface area contributed by atoms with Gasteiger partial charge >= 0.3 is 0 Å². The molecule has 1 aromatic carbocycles. The lowest BCUT2D eigenvalue weighted by Crippen LogP contribution is -2.22. The first-order valence-electron chi connectivity index (χ1n) is 10.1. The summed E-state index contributed by atoms with van der Waals surface area (Å²) >= 11 is 0. The standard InChI is InChI=1S/C22H28N2O3S2/c1-2-26-18-7-9-19(10-8-18)27-22-15-17(11-13-23-22)16-24-21(25)6-4-3-5-20-12-14-28-29-20/h7-11,13,15,20H,2-6,12,14,16H2,1H3,(H,24,25). The van der Waals surface area contributed by atoms with E-state index in [1.54, 1.807) is 6.20 Å². The molecule has 7 heteroatoms. The van der Waals surface area contributed by atoms with Crippen molar-refractivity contribution in [2.24, 2.45) is 0 Å². The highest BCUT2D eigenvalue weighted by molar-refractivity contribution is 8.77. The maximum absolute atomic E-state index is 12.1. The molecule has 1 saturated heterocycles. The number of amides is 1. The normalized spacial score (nSPS) is 15.8. The van der Waals surface area contributed by atoms with Gasteiger partial charge in [-0.1, -0.05) is 28.0 Å². The van der Waals surface area contributed by atoms with Crippen molar-refractivity contribution in [3.63, 3.8) is 0 Å². The van der Waals surface area contributed by atoms with Crippen LogP contribution in [0.4, 0.5) is 0 Å². The third-order valence-electron chi connectivity index (χ3n) is 4.55. The van der Waals surface area contributed by atoms with Crippen molar-refractivity contribution >= 4 is 27.5 Å². The van der Waals surface area contributed by atoms with Crippen LogP contribution < -0.4 is 14.8 Å². The van der Waals surface area contributed by atoms with Crippen LogP contribution in [0.3, 0.4) is 0 Å². The van der Waals surface area contributed by atoms with E-state index in [0.29, 0.717) is 31.2 Å². The molecule has 1 aliphatic rings. The number of nitrogens with one attached hydrogen (secondary N) is 1. The average Bonchev–Trinajstić information content (AvgIpc) is 3.25. The predicted octanol–water partition coefficient (Wildman–Crippen LogP) is 5.60. The second-order valence-electron chi connectivity index (χ2n) is 6.86. The summed E-state index contributed by atoms with van der Waals surface area (Å²) in [7, 11) is 3.98. The molecule has 1 amide bonds. The van der Waals surface area contributed by atoms with Crippen molar-refractivity contribution in [2.45, 2.75) is 50.8 Å². The molecule has 3 rings (SSSR count). The van der Waals surface area contributed by atoms with Gasteiger partial charge in [0.15, 0.2) is 0 Å². The summed E-state index contributed by atoms with van der Waals surface area (Å²) in [5.41, 5.74) is 0.966. The Bertz CT molecular complexity index is 765. The summed E-state index contributed by atoms with van der Waals surface area (Å²) in [6, 6.07) is 11.2. The van der Waals surface area contributed by atoms with E-state index >= 15 is 0 Å². The van der Waals surface area contributed by atoms with E-state index in [2.05, 4.69) is 10.3 Å². The maximum atomic E-state index is 12.1. The largest absolute Gasteiger partial charge is 0.494 e. The van der Waals surface area contributed by atoms with E-state index in [0.717, 1.165) is 29.4 Å². The van der Waals surface area contributed by atoms with Gasteiger partial charge in [0, 0.05) is 36.2 Å². The lowest BCUT2D eigenvalue weighted by molar-refractivity contribution is -0.121. The van der Waals surface area contributed by atoms with Gasteiger partial charge in [-0.15, -0.1) is 0 Å². The predicted molar refractivity (Wildman–Crippen MR) is 121 cm³/mol. The third kappa shape index (κ3) is 7.82. The molecule has 1 aromatic heterocycles. The first kappa shape index (κ1) is 21.8. The molecule has 0 aliphatic carbocycles. The second kappa shape index (κ2) is 12.0. The molecule has 1 fully saturated rings. The van der Waals surface area contributed by atoms with Crippen LogP contribution in [0, 0.1) is 0 Å². The van der Waals surface area contributed by atoms with Crippen LogP contribution in [-0.4, -0.2) is 28.5 Å². The minimum absolute atomic E-state index is 0.101. The number of hydrogen-bond acceptors (Lipinski definition) is 6. The smallest absolute Gasteiger partial charge is 0.220 e. The number of unbranched alkanes of at least 4 members (excludes halogenated alkanes) is 1. The van der Waals surface area contributed by atoms with E-state index in [1.165, 1.54) is 18.6 Å². The van der Waals surface area contributed by atoms with Gasteiger partial charge in [-0.2, -0.15) is 0 Å². The van der Waals surface area contributed by atoms with Gasteiger partial charge in [0.2, 0.25) is 11.8 Å². The van der Waals surface area contributed by atoms with Crippen LogP contribution in [0.5, 0.6) is 17.4 Å². The van der Waals surface area contributed by atoms with Gasteiger partial charge in [0.1, 0.15) is 11.5 Å². The van der Waals surface area contributed by atoms with Crippen LogP contribution in [-0.2, 0) is 11.3 Å². The molecular weight excluding hydrogens is 404 g/mol. The van der Waals surface area contributed by atoms with E-state index in [4.69, 9.17) is 9.47 Å². The van der Waals surface area contributed by atoms with Crippen LogP contribution in [0.1, 0.15) is 44.6 Å². The van der Waals surface area contributed by atoms with Gasteiger partial charge in [0.25, 0.3) is 0 Å². The zero-order valence-corrected chi connectivity index (χ0v) is 18.4. The second-order valence-corrected chi connectivity index (χ2v) is 9.65. The zero-order chi connectivity index (χ0) is 20.3. The quantitative estimate of drug-likeness (QED) is 0.368. The van der Waals surface area contributed by atoms with Crippen molar-refractivity contribution in [1.29, 1.82) is 0 Å². The van der Waals surface area contributed by atoms with Gasteiger partial charge in [-0.05, 0) is 62.1 Å². The number of carbonyl (C=O) groups excluding carboxylic acids is 1. The van der Waals surface area contributed by atoms with Crippen molar-refractivity contribution in [3.05, 3.63) is 48.2 Å². The summed E-state index contributed by atoms with van der Waals surface area (Å²) in [5, 5.41) is 3.78. The van der Waals surface area contributed by atoms with Crippen molar-refractivity contribution in [2.75, 3.05) is 12.4 Å². The monoisotopic (exact) mass is 432 g/mol. The number of carbonyl (C=O) groups is 1. The molecule has 5 nitrogen and oxygen atoms in total. The van der Waals surface area contributed by atoms with Gasteiger partial charge in [-0.25, -0.2) is 4.98 Å². The minimum atomic E-state index is 0.101. The highest BCUT2D eigenvalue weighted by Crippen LogP contribution is 2.39. The fraction of sp³-hybridized carbons (Fsp3) is 0.455. The van der Waals surface area contributed by atoms with Crippen molar-refractivity contribution in [3.8, 4) is 17.4 Å². The number of nitrogens with zero attached hydrogens (tertiary/aromatic N) is 1. The van der Waals surface area contributed by atoms with Gasteiger partial charge < -0.3 is 14.8 Å². The first-order chi connectivity index (χ1) is 14.2. The Hall–Kier alpha value is -1.86. The van der Waals surface area contributed by atoms with Gasteiger partial charge in [0.05, 0.1) is 6.61 Å². The Morgan fingerprint density at radius 1 is 1.21 bits per heavy atom. The average molecular weight is 433 g/mol. The summed E-state index contributed by atoms with van der Waals surface area (Å²) in [5.74, 6) is 3.38. The topological polar surface area (TPSA) is 60.5 Å². The first-order valence-corrected chi connectivity index (χ1v) is 12.5. The van der Waals surface area contributed by atoms with Crippen LogP contribution in [0.15, 0.2) is 42.6 Å². The molecule has 0 saturated carbocycles. The Kier molecular flexibility index (Phi) is 9.02. The maximum Gasteiger partial charge on any atom is 0.220 e. The van der Waals surface area contributed by atoms with E-state index in [9.17, 15) is 4.79 Å². The molecule has 1 atom stereocenters. The van der Waals surface area contributed by atoms with E-state index in [-0.39, 0.29) is 5.91 Å². The fourth-order valence-corrected chi connectivity index (χ4v) is 6.05. The number of aromatic nitrogens is 1. The minimum Gasteiger partial charge on any atom is -0.494 e. The molecule has 1 aliphatic heterocycles. The van der Waals surface area contributed by atoms with Crippen molar-refractivity contribution in [1.82, 2.24) is 10.3 Å². The number of pyridine rings is 1. The zero-order valence-electron chi connectivity index (χ0n) is 16.8. The molecule has 1 unspecified atom stereocenters. The summed E-state index contributed by atoms with van der Waals surface area (Å²) in [6.45, 7) is 3.07. The number of rotatable bonds is 11. The van der Waals surface area contributed by atoms with E-state index < -0.39 is 0 Å². The van der Waals surface area contributed by atoms with E-state index in [1.807, 2.05) is 64.9 Å². The van der Waals surface area contributed by atoms with Gasteiger partial charge in [-0.3, -0.25) is 4.79 Å². The molecule has 0 spiro atoms. The van der Waals surface area contributed by atoms with Crippen LogP contribution in [0.25, 0.3) is 0 Å². The molecule has 1 N–H and O–H groups in total. The summed E-state index contributed by atoms with van der Waals surface area (Å²) in [4.78, 5) is 16.3. The molecule has 2 aromatic rings. The number of ether oxygens (including phenoxy) is 2. The molecule has 29 heavy (non-hydrogen) atoms. The highest BCUT2D eigenvalue weighted by Gasteiger charge is 2.15. The van der Waals surface area contributed by atoms with Crippen LogP contribution in [0.2, 0.25) is 0 Å². The lowest BCUT2D eigenvalue weighted by atomic mass is 10.1. The number of hydrogen-bond donors (Lipinski definition) is 1. The Morgan fingerprint density at radius 2 is 2.03 bits per heavy atom. The lowest BCUT2D eigenvalue weighted by Gasteiger charge is -2.09. The van der Waals surface area contributed by atoms with Crippen molar-refractivity contribution < 1.29 is 14.3 Å². The Labute approximate surface area is 180 Å². The van der Waals surface area contributed by atoms with Crippen LogP contribution >= 0.6 is 21.6 Å². The molecule has 2 heterocycles. The summed E-state index contributed by atoms with van der Waals surface area (Å²) in [6.07, 6.45) is 6.90. The summed E-state index contributed by atoms with van der Waals surface area (Å²) < 4.78 is 11.2. The molecule has 0 bridgehead atoms. The Morgan fingerprint density at radius 3 is 2.79 bits per heavy atom. The molecule has 156 valence electrons. The highest BCUT2D eigenvalue weighted by atomic mass is 33.1. The third-order valence-corrected chi connectivity index (χ3v) is 7.56.